The number of thiophene rings is 1. The Bertz CT molecular complexity index is 1530. The number of ketones is 2. The molecular formula is C29H25FN2O5S. The van der Waals surface area contributed by atoms with Crippen molar-refractivity contribution in [3.63, 3.8) is 0 Å². The van der Waals surface area contributed by atoms with E-state index in [1.54, 1.807) is 35.4 Å². The van der Waals surface area contributed by atoms with Crippen LogP contribution in [0, 0.1) is 5.82 Å². The number of amides is 1. The predicted octanol–water partition coefficient (Wildman–Crippen LogP) is 5.68. The van der Waals surface area contributed by atoms with Crippen LogP contribution in [0.1, 0.15) is 30.4 Å². The maximum absolute atomic E-state index is 14.9. The maximum atomic E-state index is 14.9. The van der Waals surface area contributed by atoms with Gasteiger partial charge in [-0.3, -0.25) is 19.4 Å². The number of para-hydroxylation sites is 1. The molecule has 1 fully saturated rings. The van der Waals surface area contributed by atoms with Gasteiger partial charge in [0.2, 0.25) is 5.91 Å². The molecule has 0 saturated carbocycles. The summed E-state index contributed by atoms with van der Waals surface area (Å²) in [5, 5.41) is 0.792. The van der Waals surface area contributed by atoms with E-state index in [4.69, 9.17) is 9.47 Å². The topological polar surface area (TPSA) is 85.8 Å². The van der Waals surface area contributed by atoms with Crippen LogP contribution in [-0.2, 0) is 27.2 Å². The van der Waals surface area contributed by atoms with Crippen LogP contribution in [-0.4, -0.2) is 36.1 Å². The molecule has 0 unspecified atom stereocenters. The SMILES string of the molecule is COc1ccccc1CC(=O)CC(=O)Cc1ccc(Oc2ccnc3cc(N4CCCC4=O)sc23)c(F)c1. The number of fused-ring (bicyclic) bond motifs is 1. The third-order valence-corrected chi connectivity index (χ3v) is 7.46. The van der Waals surface area contributed by atoms with Gasteiger partial charge >= 0.3 is 0 Å². The second-order valence-electron chi connectivity index (χ2n) is 9.04. The molecule has 1 amide bonds. The Morgan fingerprint density at radius 2 is 1.84 bits per heavy atom. The second-order valence-corrected chi connectivity index (χ2v) is 10.1. The van der Waals surface area contributed by atoms with E-state index in [0.717, 1.165) is 21.7 Å². The van der Waals surface area contributed by atoms with E-state index in [2.05, 4.69) is 4.98 Å². The van der Waals surface area contributed by atoms with Gasteiger partial charge in [-0.05, 0) is 36.2 Å². The molecule has 4 aromatic rings. The molecule has 7 nitrogen and oxygen atoms in total. The van der Waals surface area contributed by atoms with Gasteiger partial charge in [-0.2, -0.15) is 0 Å². The molecule has 1 aliphatic rings. The molecule has 0 bridgehead atoms. The van der Waals surface area contributed by atoms with Crippen molar-refractivity contribution >= 4 is 44.0 Å². The van der Waals surface area contributed by atoms with Crippen LogP contribution < -0.4 is 14.4 Å². The number of carbonyl (C=O) groups excluding carboxylic acids is 3. The lowest BCUT2D eigenvalue weighted by molar-refractivity contribution is -0.126. The van der Waals surface area contributed by atoms with Crippen LogP contribution in [0.4, 0.5) is 9.39 Å². The number of methoxy groups -OCH3 is 1. The van der Waals surface area contributed by atoms with E-state index >= 15 is 0 Å². The first kappa shape index (κ1) is 25.5. The highest BCUT2D eigenvalue weighted by Crippen LogP contribution is 2.40. The largest absolute Gasteiger partial charge is 0.496 e. The van der Waals surface area contributed by atoms with E-state index in [1.165, 1.54) is 30.6 Å². The third-order valence-electron chi connectivity index (χ3n) is 6.29. The maximum Gasteiger partial charge on any atom is 0.227 e. The van der Waals surface area contributed by atoms with Crippen LogP contribution in [0.15, 0.2) is 60.8 Å². The zero-order valence-corrected chi connectivity index (χ0v) is 21.6. The van der Waals surface area contributed by atoms with Crippen LogP contribution in [0.25, 0.3) is 10.2 Å². The number of anilines is 1. The Balaban J connectivity index is 1.24. The monoisotopic (exact) mass is 532 g/mol. The Hall–Kier alpha value is -4.11. The number of halogens is 1. The lowest BCUT2D eigenvalue weighted by Gasteiger charge is -2.11. The van der Waals surface area contributed by atoms with Crippen molar-refractivity contribution in [2.24, 2.45) is 0 Å². The molecule has 2 aromatic heterocycles. The number of pyridine rings is 1. The summed E-state index contributed by atoms with van der Waals surface area (Å²) in [4.78, 5) is 43.1. The van der Waals surface area contributed by atoms with Gasteiger partial charge in [0.1, 0.15) is 28.1 Å². The smallest absolute Gasteiger partial charge is 0.227 e. The molecule has 0 aliphatic carbocycles. The number of ether oxygens (including phenoxy) is 2. The van der Waals surface area contributed by atoms with E-state index in [9.17, 15) is 18.8 Å². The average Bonchev–Trinajstić information content (AvgIpc) is 3.52. The number of Topliss-reactive ketones (excluding diaryl/α,β-unsaturated/α-hetero) is 2. The summed E-state index contributed by atoms with van der Waals surface area (Å²) in [5.74, 6) is -0.0239. The lowest BCUT2D eigenvalue weighted by atomic mass is 10.0. The first-order valence-corrected chi connectivity index (χ1v) is 13.0. The highest BCUT2D eigenvalue weighted by molar-refractivity contribution is 7.23. The zero-order chi connectivity index (χ0) is 26.6. The first-order chi connectivity index (χ1) is 18.4. The van der Waals surface area contributed by atoms with Gasteiger partial charge in [0, 0.05) is 43.6 Å². The molecule has 0 spiro atoms. The summed E-state index contributed by atoms with van der Waals surface area (Å²) in [7, 11) is 1.53. The number of rotatable bonds is 10. The first-order valence-electron chi connectivity index (χ1n) is 12.2. The van der Waals surface area contributed by atoms with Crippen molar-refractivity contribution in [2.75, 3.05) is 18.6 Å². The molecule has 1 aliphatic heterocycles. The fourth-order valence-electron chi connectivity index (χ4n) is 4.49. The second kappa shape index (κ2) is 11.1. The van der Waals surface area contributed by atoms with Gasteiger partial charge < -0.3 is 14.4 Å². The van der Waals surface area contributed by atoms with E-state index in [1.807, 2.05) is 18.2 Å². The quantitative estimate of drug-likeness (QED) is 0.245. The Labute approximate surface area is 222 Å². The summed E-state index contributed by atoms with van der Waals surface area (Å²) in [6.07, 6.45) is 2.71. The van der Waals surface area contributed by atoms with Gasteiger partial charge in [-0.25, -0.2) is 4.39 Å². The number of aromatic nitrogens is 1. The van der Waals surface area contributed by atoms with Gasteiger partial charge in [0.05, 0.1) is 23.7 Å². The predicted molar refractivity (Wildman–Crippen MR) is 143 cm³/mol. The zero-order valence-electron chi connectivity index (χ0n) is 20.7. The lowest BCUT2D eigenvalue weighted by Crippen LogP contribution is -2.22. The molecule has 5 rings (SSSR count). The number of benzene rings is 2. The van der Waals surface area contributed by atoms with Crippen LogP contribution in [0.3, 0.4) is 0 Å². The van der Waals surface area contributed by atoms with Crippen LogP contribution in [0.5, 0.6) is 17.2 Å². The minimum absolute atomic E-state index is 0.00754. The minimum atomic E-state index is -0.618. The highest BCUT2D eigenvalue weighted by atomic mass is 32.1. The number of nitrogens with zero attached hydrogens (tertiary/aromatic N) is 2. The fourth-order valence-corrected chi connectivity index (χ4v) is 5.60. The molecule has 0 atom stereocenters. The third kappa shape index (κ3) is 5.57. The normalized spacial score (nSPS) is 13.2. The standard InChI is InChI=1S/C29H25FN2O5S/c1-36-24-6-3-2-5-19(24)15-21(34)16-20(33)13-18-8-9-25(22(30)14-18)37-26-10-11-31-23-17-28(38-29(23)26)32-12-4-7-27(32)35/h2-3,5-6,8-11,14,17H,4,7,12-13,15-16H2,1H3. The Morgan fingerprint density at radius 3 is 2.61 bits per heavy atom. The van der Waals surface area contributed by atoms with E-state index < -0.39 is 5.82 Å². The summed E-state index contributed by atoms with van der Waals surface area (Å²) < 4.78 is 26.8. The van der Waals surface area contributed by atoms with Crippen molar-refractivity contribution in [1.29, 1.82) is 0 Å². The minimum Gasteiger partial charge on any atom is -0.496 e. The fraction of sp³-hybridized carbons (Fsp3) is 0.241. The molecule has 1 saturated heterocycles. The number of carbonyl (C=O) groups is 3. The van der Waals surface area contributed by atoms with Crippen molar-refractivity contribution < 1.29 is 28.2 Å². The molecule has 3 heterocycles. The Kier molecular flexibility index (Phi) is 7.46. The number of hydrogen-bond donors (Lipinski definition) is 0. The molecule has 0 radical (unpaired) electrons. The van der Waals surface area contributed by atoms with Crippen molar-refractivity contribution in [1.82, 2.24) is 4.98 Å². The summed E-state index contributed by atoms with van der Waals surface area (Å²) >= 11 is 1.38. The van der Waals surface area contributed by atoms with Gasteiger partial charge in [0.15, 0.2) is 11.6 Å². The molecule has 2 aromatic carbocycles. The van der Waals surface area contributed by atoms with Gasteiger partial charge in [-0.1, -0.05) is 24.3 Å². The average molecular weight is 533 g/mol. The highest BCUT2D eigenvalue weighted by Gasteiger charge is 2.24. The van der Waals surface area contributed by atoms with E-state index in [0.29, 0.717) is 35.5 Å². The van der Waals surface area contributed by atoms with Gasteiger partial charge in [0.25, 0.3) is 0 Å². The molecule has 38 heavy (non-hydrogen) atoms. The Morgan fingerprint density at radius 1 is 1.03 bits per heavy atom. The van der Waals surface area contributed by atoms with Gasteiger partial charge in [-0.15, -0.1) is 11.3 Å². The molecular weight excluding hydrogens is 507 g/mol. The van der Waals surface area contributed by atoms with Crippen molar-refractivity contribution in [3.05, 3.63) is 77.7 Å². The molecule has 9 heteroatoms. The summed E-state index contributed by atoms with van der Waals surface area (Å²) in [5.41, 5.74) is 1.84. The van der Waals surface area contributed by atoms with Crippen LogP contribution in [0.2, 0.25) is 0 Å². The molecule has 194 valence electrons. The van der Waals surface area contributed by atoms with Crippen molar-refractivity contribution in [3.8, 4) is 17.2 Å². The van der Waals surface area contributed by atoms with Crippen molar-refractivity contribution in [2.45, 2.75) is 32.1 Å². The summed E-state index contributed by atoms with van der Waals surface area (Å²) in [6, 6.07) is 15.0. The number of hydrogen-bond acceptors (Lipinski definition) is 7. The molecule has 0 N–H and O–H groups in total. The van der Waals surface area contributed by atoms with E-state index in [-0.39, 0.29) is 42.5 Å². The van der Waals surface area contributed by atoms with Crippen LogP contribution >= 0.6 is 11.3 Å². The summed E-state index contributed by atoms with van der Waals surface area (Å²) in [6.45, 7) is 0.669.